The molecule has 1 fully saturated rings. The van der Waals surface area contributed by atoms with Gasteiger partial charge in [-0.05, 0) is 36.6 Å². The van der Waals surface area contributed by atoms with E-state index in [1.807, 2.05) is 12.1 Å². The zero-order valence-corrected chi connectivity index (χ0v) is 12.5. The van der Waals surface area contributed by atoms with Crippen molar-refractivity contribution in [3.8, 4) is 0 Å². The number of fused-ring (bicyclic) bond motifs is 1. The van der Waals surface area contributed by atoms with Crippen LogP contribution in [0, 0.1) is 0 Å². The molecule has 0 aromatic carbocycles. The van der Waals surface area contributed by atoms with Crippen molar-refractivity contribution in [3.05, 3.63) is 46.5 Å². The van der Waals surface area contributed by atoms with Crippen molar-refractivity contribution in [1.82, 2.24) is 20.2 Å². The molecule has 5 heteroatoms. The van der Waals surface area contributed by atoms with Crippen LogP contribution in [0.25, 0.3) is 16.5 Å². The van der Waals surface area contributed by atoms with E-state index in [4.69, 9.17) is 0 Å². The maximum absolute atomic E-state index is 12.2. The molecule has 0 spiro atoms. The van der Waals surface area contributed by atoms with Gasteiger partial charge in [-0.3, -0.25) is 14.7 Å². The van der Waals surface area contributed by atoms with E-state index in [1.54, 1.807) is 12.3 Å². The van der Waals surface area contributed by atoms with E-state index < -0.39 is 0 Å². The molecule has 1 atom stereocenters. The molecule has 2 aromatic heterocycles. The Labute approximate surface area is 129 Å². The number of aromatic amines is 1. The van der Waals surface area contributed by atoms with Gasteiger partial charge in [-0.1, -0.05) is 6.08 Å². The Morgan fingerprint density at radius 2 is 2.14 bits per heavy atom. The molecule has 1 aliphatic heterocycles. The van der Waals surface area contributed by atoms with E-state index in [1.165, 1.54) is 5.57 Å². The lowest BCUT2D eigenvalue weighted by Crippen LogP contribution is -2.47. The summed E-state index contributed by atoms with van der Waals surface area (Å²) in [6, 6.07) is 6.12. The number of hydrogen-bond acceptors (Lipinski definition) is 4. The summed E-state index contributed by atoms with van der Waals surface area (Å²) in [6.07, 6.45) is 6.21. The lowest BCUT2D eigenvalue weighted by molar-refractivity contribution is 0.200. The fraction of sp³-hybridized carbons (Fsp3) is 0.412. The molecule has 0 saturated carbocycles. The van der Waals surface area contributed by atoms with Crippen LogP contribution in [-0.4, -0.2) is 47.1 Å². The molecule has 3 heterocycles. The molecule has 5 nitrogen and oxygen atoms in total. The molecule has 2 aliphatic rings. The quantitative estimate of drug-likeness (QED) is 0.879. The minimum Gasteiger partial charge on any atom is -0.322 e. The van der Waals surface area contributed by atoms with Crippen LogP contribution in [0.2, 0.25) is 0 Å². The third-order valence-corrected chi connectivity index (χ3v) is 4.68. The van der Waals surface area contributed by atoms with Crippen molar-refractivity contribution in [3.63, 3.8) is 0 Å². The van der Waals surface area contributed by atoms with Gasteiger partial charge in [0.05, 0.1) is 10.9 Å². The Morgan fingerprint density at radius 3 is 3.00 bits per heavy atom. The largest absolute Gasteiger partial charge is 0.322 e. The van der Waals surface area contributed by atoms with Gasteiger partial charge in [0.15, 0.2) is 0 Å². The van der Waals surface area contributed by atoms with Crippen LogP contribution in [0.15, 0.2) is 35.3 Å². The first-order valence-electron chi connectivity index (χ1n) is 7.95. The third kappa shape index (κ3) is 2.46. The van der Waals surface area contributed by atoms with Gasteiger partial charge in [0.1, 0.15) is 0 Å². The Hall–Kier alpha value is -1.98. The number of allylic oxidation sites excluding steroid dienone is 1. The normalized spacial score (nSPS) is 22.9. The number of H-pyrrole nitrogens is 1. The van der Waals surface area contributed by atoms with Gasteiger partial charge in [0, 0.05) is 44.1 Å². The summed E-state index contributed by atoms with van der Waals surface area (Å²) in [5.41, 5.74) is 2.89. The highest BCUT2D eigenvalue weighted by Gasteiger charge is 2.24. The molecule has 2 N–H and O–H groups in total. The second-order valence-corrected chi connectivity index (χ2v) is 6.03. The number of nitrogens with zero attached hydrogens (tertiary/aromatic N) is 2. The summed E-state index contributed by atoms with van der Waals surface area (Å²) >= 11 is 0. The molecule has 0 unspecified atom stereocenters. The molecule has 0 radical (unpaired) electrons. The molecule has 2 aromatic rings. The summed E-state index contributed by atoms with van der Waals surface area (Å²) in [5.74, 6) is 0. The predicted octanol–water partition coefficient (Wildman–Crippen LogP) is 1.37. The van der Waals surface area contributed by atoms with Gasteiger partial charge in [-0.15, -0.1) is 0 Å². The molecule has 0 amide bonds. The van der Waals surface area contributed by atoms with Gasteiger partial charge >= 0.3 is 0 Å². The van der Waals surface area contributed by atoms with Crippen molar-refractivity contribution in [2.75, 3.05) is 26.2 Å². The minimum absolute atomic E-state index is 0.0490. The lowest BCUT2D eigenvalue weighted by atomic mass is 10.1. The number of pyridine rings is 2. The fourth-order valence-electron chi connectivity index (χ4n) is 3.49. The van der Waals surface area contributed by atoms with E-state index in [2.05, 4.69) is 26.3 Å². The molecule has 4 rings (SSSR count). The Balaban J connectivity index is 1.66. The van der Waals surface area contributed by atoms with Crippen LogP contribution in [0.3, 0.4) is 0 Å². The zero-order valence-electron chi connectivity index (χ0n) is 12.5. The summed E-state index contributed by atoms with van der Waals surface area (Å²) < 4.78 is 0. The van der Waals surface area contributed by atoms with E-state index in [9.17, 15) is 4.79 Å². The molecule has 1 aliphatic carbocycles. The van der Waals surface area contributed by atoms with E-state index >= 15 is 0 Å². The van der Waals surface area contributed by atoms with Crippen LogP contribution in [0.5, 0.6) is 0 Å². The van der Waals surface area contributed by atoms with Crippen molar-refractivity contribution in [2.45, 2.75) is 18.9 Å². The van der Waals surface area contributed by atoms with Crippen molar-refractivity contribution in [2.24, 2.45) is 0 Å². The Bertz CT molecular complexity index is 774. The van der Waals surface area contributed by atoms with Crippen molar-refractivity contribution >= 4 is 16.5 Å². The summed E-state index contributed by atoms with van der Waals surface area (Å²) in [7, 11) is 0. The number of aromatic nitrogens is 2. The third-order valence-electron chi connectivity index (χ3n) is 4.68. The average Bonchev–Trinajstić information content (AvgIpc) is 3.06. The molecule has 22 heavy (non-hydrogen) atoms. The summed E-state index contributed by atoms with van der Waals surface area (Å²) in [5, 5.41) is 4.05. The predicted molar refractivity (Wildman–Crippen MR) is 87.8 cm³/mol. The van der Waals surface area contributed by atoms with Gasteiger partial charge in [-0.25, -0.2) is 0 Å². The zero-order chi connectivity index (χ0) is 14.9. The fourth-order valence-corrected chi connectivity index (χ4v) is 3.49. The average molecular weight is 296 g/mol. The molecule has 1 saturated heterocycles. The maximum Gasteiger partial charge on any atom is 0.257 e. The van der Waals surface area contributed by atoms with E-state index in [-0.39, 0.29) is 5.56 Å². The number of nitrogens with one attached hydrogen (secondary N) is 2. The molecule has 114 valence electrons. The lowest BCUT2D eigenvalue weighted by Gasteiger charge is -2.31. The molecular weight excluding hydrogens is 276 g/mol. The number of piperazine rings is 1. The second-order valence-electron chi connectivity index (χ2n) is 6.03. The molecular formula is C17H20N4O. The first-order chi connectivity index (χ1) is 10.8. The monoisotopic (exact) mass is 296 g/mol. The van der Waals surface area contributed by atoms with Crippen LogP contribution < -0.4 is 10.9 Å². The van der Waals surface area contributed by atoms with Crippen molar-refractivity contribution < 1.29 is 0 Å². The molecule has 0 bridgehead atoms. The van der Waals surface area contributed by atoms with E-state index in [0.717, 1.165) is 50.2 Å². The summed E-state index contributed by atoms with van der Waals surface area (Å²) in [6.45, 7) is 4.33. The Morgan fingerprint density at radius 1 is 1.27 bits per heavy atom. The van der Waals surface area contributed by atoms with Gasteiger partial charge in [0.25, 0.3) is 5.56 Å². The second kappa shape index (κ2) is 5.66. The van der Waals surface area contributed by atoms with Crippen molar-refractivity contribution in [1.29, 1.82) is 0 Å². The SMILES string of the molecule is O=c1[nH]c(C2=C[C@H](N3CCNCC3)CC2)cc2ncccc12. The van der Waals surface area contributed by atoms with Crippen LogP contribution in [0.1, 0.15) is 18.5 Å². The first-order valence-corrected chi connectivity index (χ1v) is 7.95. The summed E-state index contributed by atoms with van der Waals surface area (Å²) in [4.78, 5) is 22.1. The maximum atomic E-state index is 12.2. The van der Waals surface area contributed by atoms with Gasteiger partial charge in [-0.2, -0.15) is 0 Å². The number of hydrogen-bond donors (Lipinski definition) is 2. The highest BCUT2D eigenvalue weighted by Crippen LogP contribution is 2.30. The number of rotatable bonds is 2. The van der Waals surface area contributed by atoms with Crippen LogP contribution >= 0.6 is 0 Å². The first kappa shape index (κ1) is 13.7. The topological polar surface area (TPSA) is 61.0 Å². The van der Waals surface area contributed by atoms with Gasteiger partial charge in [0.2, 0.25) is 0 Å². The smallest absolute Gasteiger partial charge is 0.257 e. The standard InChI is InChI=1S/C17H20N4O/c22-17-14-2-1-5-19-16(14)11-15(20-17)12-3-4-13(10-12)21-8-6-18-7-9-21/h1-2,5,10-11,13,18H,3-4,6-9H2,(H,20,22)/t13-/m1/s1. The van der Waals surface area contributed by atoms with E-state index in [0.29, 0.717) is 11.4 Å². The van der Waals surface area contributed by atoms with Crippen LogP contribution in [-0.2, 0) is 0 Å². The van der Waals surface area contributed by atoms with Crippen LogP contribution in [0.4, 0.5) is 0 Å². The highest BCUT2D eigenvalue weighted by atomic mass is 16.1. The minimum atomic E-state index is -0.0490. The highest BCUT2D eigenvalue weighted by molar-refractivity contribution is 5.81. The Kier molecular flexibility index (Phi) is 3.52. The van der Waals surface area contributed by atoms with Gasteiger partial charge < -0.3 is 10.3 Å².